The summed E-state index contributed by atoms with van der Waals surface area (Å²) in [6, 6.07) is 25.5. The average molecular weight is 439 g/mol. The van der Waals surface area contributed by atoms with E-state index >= 15 is 0 Å². The Balaban J connectivity index is 1.46. The van der Waals surface area contributed by atoms with Crippen LogP contribution in [0.4, 0.5) is 0 Å². The molecule has 33 heavy (non-hydrogen) atoms. The first-order chi connectivity index (χ1) is 16.2. The molecule has 2 heterocycles. The molecule has 0 saturated heterocycles. The van der Waals surface area contributed by atoms with Gasteiger partial charge >= 0.3 is 5.97 Å². The molecule has 6 nitrogen and oxygen atoms in total. The number of esters is 1. The van der Waals surface area contributed by atoms with Crippen molar-refractivity contribution >= 4 is 5.97 Å². The maximum Gasteiger partial charge on any atom is 0.344 e. The van der Waals surface area contributed by atoms with Gasteiger partial charge in [-0.15, -0.1) is 0 Å². The Morgan fingerprint density at radius 2 is 1.76 bits per heavy atom. The second-order valence-electron chi connectivity index (χ2n) is 8.38. The summed E-state index contributed by atoms with van der Waals surface area (Å²) in [5.74, 6) is 0.711. The largest absolute Gasteiger partial charge is 0.403 e. The van der Waals surface area contributed by atoms with E-state index in [1.165, 1.54) is 5.56 Å². The van der Waals surface area contributed by atoms with Crippen LogP contribution in [0, 0.1) is 0 Å². The SMILES string of the molecule is CN(Cc1ccccc1)C1CCc2nn(-c3ccccn3)c(OC(=O)c3ccccc3)c2C1. The van der Waals surface area contributed by atoms with E-state index in [1.54, 1.807) is 23.0 Å². The molecular formula is C27H26N4O2. The highest BCUT2D eigenvalue weighted by Crippen LogP contribution is 2.33. The predicted octanol–water partition coefficient (Wildman–Crippen LogP) is 4.48. The van der Waals surface area contributed by atoms with Crippen molar-refractivity contribution < 1.29 is 9.53 Å². The monoisotopic (exact) mass is 438 g/mol. The van der Waals surface area contributed by atoms with Gasteiger partial charge in [0.15, 0.2) is 5.82 Å². The zero-order chi connectivity index (χ0) is 22.6. The molecule has 2 aromatic carbocycles. The summed E-state index contributed by atoms with van der Waals surface area (Å²) < 4.78 is 7.65. The molecule has 5 rings (SSSR count). The molecule has 0 radical (unpaired) electrons. The highest BCUT2D eigenvalue weighted by Gasteiger charge is 2.31. The minimum atomic E-state index is -0.393. The van der Waals surface area contributed by atoms with Crippen LogP contribution in [-0.2, 0) is 19.4 Å². The van der Waals surface area contributed by atoms with Crippen molar-refractivity contribution in [2.45, 2.75) is 31.8 Å². The van der Waals surface area contributed by atoms with E-state index in [9.17, 15) is 4.79 Å². The summed E-state index contributed by atoms with van der Waals surface area (Å²) >= 11 is 0. The lowest BCUT2D eigenvalue weighted by Gasteiger charge is -2.31. The van der Waals surface area contributed by atoms with E-state index in [0.29, 0.717) is 23.3 Å². The highest BCUT2D eigenvalue weighted by atomic mass is 16.5. The molecule has 1 unspecified atom stereocenters. The van der Waals surface area contributed by atoms with E-state index in [1.807, 2.05) is 42.5 Å². The summed E-state index contributed by atoms with van der Waals surface area (Å²) in [7, 11) is 2.15. The standard InChI is InChI=1S/C27H26N4O2/c1-30(19-20-10-4-2-5-11-20)22-15-16-24-23(18-22)26(31(29-24)25-14-8-9-17-28-25)33-27(32)21-12-6-3-7-13-21/h2-14,17,22H,15-16,18-19H2,1H3. The number of benzene rings is 2. The molecular weight excluding hydrogens is 412 g/mol. The maximum absolute atomic E-state index is 12.9. The third kappa shape index (κ3) is 4.56. The molecule has 1 aliphatic carbocycles. The Morgan fingerprint density at radius 3 is 2.48 bits per heavy atom. The number of carbonyl (C=O) groups is 1. The van der Waals surface area contributed by atoms with Crippen molar-refractivity contribution in [3.05, 3.63) is 107 Å². The Bertz CT molecular complexity index is 1220. The Kier molecular flexibility index (Phi) is 6.00. The fourth-order valence-corrected chi connectivity index (χ4v) is 4.36. The molecule has 0 saturated carbocycles. The lowest BCUT2D eigenvalue weighted by molar-refractivity contribution is 0.0720. The van der Waals surface area contributed by atoms with Crippen molar-refractivity contribution in [2.24, 2.45) is 0 Å². The second kappa shape index (κ2) is 9.38. The Hall–Kier alpha value is -3.77. The third-order valence-corrected chi connectivity index (χ3v) is 6.14. The van der Waals surface area contributed by atoms with Crippen LogP contribution in [0.15, 0.2) is 85.1 Å². The van der Waals surface area contributed by atoms with Crippen LogP contribution in [0.25, 0.3) is 5.82 Å². The fourth-order valence-electron chi connectivity index (χ4n) is 4.36. The van der Waals surface area contributed by atoms with Crippen LogP contribution in [0.1, 0.15) is 33.6 Å². The molecule has 0 spiro atoms. The summed E-state index contributed by atoms with van der Waals surface area (Å²) in [6.07, 6.45) is 4.31. The van der Waals surface area contributed by atoms with Gasteiger partial charge in [0.25, 0.3) is 0 Å². The smallest absolute Gasteiger partial charge is 0.344 e. The normalized spacial score (nSPS) is 15.3. The number of aryl methyl sites for hydroxylation is 1. The number of nitrogens with zero attached hydrogens (tertiary/aromatic N) is 4. The molecule has 6 heteroatoms. The zero-order valence-electron chi connectivity index (χ0n) is 18.6. The molecule has 0 amide bonds. The number of likely N-dealkylation sites (N-methyl/N-ethyl adjacent to an activating group) is 1. The molecule has 0 bridgehead atoms. The summed E-state index contributed by atoms with van der Waals surface area (Å²) in [6.45, 7) is 0.869. The van der Waals surface area contributed by atoms with Crippen LogP contribution in [0.2, 0.25) is 0 Å². The van der Waals surface area contributed by atoms with Gasteiger partial charge in [0, 0.05) is 24.3 Å². The van der Waals surface area contributed by atoms with Crippen LogP contribution in [-0.4, -0.2) is 38.7 Å². The second-order valence-corrected chi connectivity index (χ2v) is 8.38. The molecule has 166 valence electrons. The molecule has 4 aromatic rings. The summed E-state index contributed by atoms with van der Waals surface area (Å²) in [5, 5.41) is 4.80. The van der Waals surface area contributed by atoms with E-state index < -0.39 is 5.97 Å². The first-order valence-electron chi connectivity index (χ1n) is 11.2. The summed E-state index contributed by atoms with van der Waals surface area (Å²) in [4.78, 5) is 19.8. The molecule has 0 N–H and O–H groups in total. The van der Waals surface area contributed by atoms with Gasteiger partial charge in [-0.25, -0.2) is 9.78 Å². The number of carbonyl (C=O) groups excluding carboxylic acids is 1. The molecule has 1 atom stereocenters. The molecule has 0 fully saturated rings. The maximum atomic E-state index is 12.9. The number of ether oxygens (including phenoxy) is 1. The first-order valence-corrected chi connectivity index (χ1v) is 11.2. The van der Waals surface area contributed by atoms with Crippen molar-refractivity contribution in [3.8, 4) is 11.7 Å². The Morgan fingerprint density at radius 1 is 1.03 bits per heavy atom. The lowest BCUT2D eigenvalue weighted by Crippen LogP contribution is -2.36. The van der Waals surface area contributed by atoms with E-state index in [2.05, 4.69) is 41.2 Å². The van der Waals surface area contributed by atoms with Crippen molar-refractivity contribution in [1.29, 1.82) is 0 Å². The number of hydrogen-bond acceptors (Lipinski definition) is 5. The number of hydrogen-bond donors (Lipinski definition) is 0. The van der Waals surface area contributed by atoms with Crippen LogP contribution >= 0.6 is 0 Å². The van der Waals surface area contributed by atoms with Gasteiger partial charge in [-0.2, -0.15) is 9.78 Å². The molecule has 1 aliphatic rings. The van der Waals surface area contributed by atoms with Gasteiger partial charge < -0.3 is 4.74 Å². The molecule has 0 aliphatic heterocycles. The topological polar surface area (TPSA) is 60.3 Å². The average Bonchev–Trinajstić information content (AvgIpc) is 3.23. The predicted molar refractivity (Wildman–Crippen MR) is 126 cm³/mol. The van der Waals surface area contributed by atoms with Crippen molar-refractivity contribution in [1.82, 2.24) is 19.7 Å². The number of aromatic nitrogens is 3. The van der Waals surface area contributed by atoms with Gasteiger partial charge in [-0.05, 0) is 56.1 Å². The van der Waals surface area contributed by atoms with E-state index in [0.717, 1.165) is 37.1 Å². The van der Waals surface area contributed by atoms with Crippen LogP contribution in [0.3, 0.4) is 0 Å². The highest BCUT2D eigenvalue weighted by molar-refractivity contribution is 5.91. The minimum absolute atomic E-state index is 0.327. The number of fused-ring (bicyclic) bond motifs is 1. The van der Waals surface area contributed by atoms with Crippen molar-refractivity contribution in [3.63, 3.8) is 0 Å². The molecule has 2 aromatic heterocycles. The van der Waals surface area contributed by atoms with Gasteiger partial charge in [-0.3, -0.25) is 4.90 Å². The lowest BCUT2D eigenvalue weighted by atomic mass is 9.92. The first kappa shape index (κ1) is 21.1. The number of pyridine rings is 1. The summed E-state index contributed by atoms with van der Waals surface area (Å²) in [5.41, 5.74) is 3.75. The van der Waals surface area contributed by atoms with Gasteiger partial charge in [0.2, 0.25) is 5.88 Å². The van der Waals surface area contributed by atoms with Crippen LogP contribution in [0.5, 0.6) is 5.88 Å². The van der Waals surface area contributed by atoms with Crippen molar-refractivity contribution in [2.75, 3.05) is 7.05 Å². The Labute approximate surface area is 193 Å². The number of rotatable bonds is 6. The van der Waals surface area contributed by atoms with Gasteiger partial charge in [0.05, 0.1) is 11.3 Å². The van der Waals surface area contributed by atoms with Gasteiger partial charge in [0.1, 0.15) is 0 Å². The minimum Gasteiger partial charge on any atom is -0.403 e. The fraction of sp³-hybridized carbons (Fsp3) is 0.222. The zero-order valence-corrected chi connectivity index (χ0v) is 18.6. The van der Waals surface area contributed by atoms with Gasteiger partial charge in [-0.1, -0.05) is 54.6 Å². The van der Waals surface area contributed by atoms with E-state index in [4.69, 9.17) is 9.84 Å². The quantitative estimate of drug-likeness (QED) is 0.416. The third-order valence-electron chi connectivity index (χ3n) is 6.14. The van der Waals surface area contributed by atoms with Crippen LogP contribution < -0.4 is 4.74 Å². The van der Waals surface area contributed by atoms with E-state index in [-0.39, 0.29) is 0 Å².